The zero-order valence-corrected chi connectivity index (χ0v) is 15.1. The van der Waals surface area contributed by atoms with Crippen LogP contribution in [0.5, 0.6) is 0 Å². The normalized spacial score (nSPS) is 25.5. The average molecular weight is 356 g/mol. The molecule has 4 nitrogen and oxygen atoms in total. The summed E-state index contributed by atoms with van der Waals surface area (Å²) in [6.45, 7) is 5.29. The first kappa shape index (κ1) is 17.4. The van der Waals surface area contributed by atoms with Crippen LogP contribution in [0.1, 0.15) is 25.3 Å². The number of aromatic nitrogens is 1. The molecule has 2 unspecified atom stereocenters. The van der Waals surface area contributed by atoms with Gasteiger partial charge >= 0.3 is 0 Å². The first-order valence-corrected chi connectivity index (χ1v) is 9.31. The van der Waals surface area contributed by atoms with Gasteiger partial charge in [-0.3, -0.25) is 0 Å². The van der Waals surface area contributed by atoms with Crippen LogP contribution in [0.25, 0.3) is 11.3 Å². The summed E-state index contributed by atoms with van der Waals surface area (Å²) in [4.78, 5) is 4.89. The van der Waals surface area contributed by atoms with Gasteiger partial charge in [0.1, 0.15) is 11.6 Å². The van der Waals surface area contributed by atoms with Crippen LogP contribution in [0.4, 0.5) is 10.2 Å². The topological polar surface area (TPSA) is 43.4 Å². The second kappa shape index (κ2) is 7.33. The molecule has 0 aliphatic carbocycles. The van der Waals surface area contributed by atoms with Crippen LogP contribution < -0.4 is 5.32 Å². The summed E-state index contributed by atoms with van der Waals surface area (Å²) in [5, 5.41) is 3.63. The Balaban J connectivity index is 1.65. The Morgan fingerprint density at radius 3 is 2.69 bits per heavy atom. The van der Waals surface area contributed by atoms with Crippen LogP contribution in [-0.2, 0) is 15.9 Å². The van der Waals surface area contributed by atoms with Crippen molar-refractivity contribution in [3.8, 4) is 11.3 Å². The van der Waals surface area contributed by atoms with Gasteiger partial charge in [-0.05, 0) is 68.0 Å². The number of ether oxygens (including phenoxy) is 2. The molecule has 3 heterocycles. The van der Waals surface area contributed by atoms with Gasteiger partial charge in [0.2, 0.25) is 0 Å². The quantitative estimate of drug-likeness (QED) is 0.877. The molecule has 2 saturated heterocycles. The molecular weight excluding hydrogens is 331 g/mol. The molecule has 5 heteroatoms. The number of halogens is 1. The van der Waals surface area contributed by atoms with Gasteiger partial charge in [-0.15, -0.1) is 0 Å². The first-order valence-electron chi connectivity index (χ1n) is 9.31. The zero-order chi connectivity index (χ0) is 18.0. The molecule has 0 amide bonds. The molecule has 1 N–H and O–H groups in total. The van der Waals surface area contributed by atoms with Crippen molar-refractivity contribution in [2.75, 3.05) is 31.7 Å². The molecule has 0 bridgehead atoms. The smallest absolute Gasteiger partial charge is 0.130 e. The summed E-state index contributed by atoms with van der Waals surface area (Å²) in [5.74, 6) is 1.22. The van der Waals surface area contributed by atoms with Crippen LogP contribution in [0, 0.1) is 11.7 Å². The Hall–Kier alpha value is -1.98. The van der Waals surface area contributed by atoms with E-state index in [0.29, 0.717) is 12.5 Å². The lowest BCUT2D eigenvalue weighted by Gasteiger charge is -2.26. The fraction of sp³-hybridized carbons (Fsp3) is 0.476. The summed E-state index contributed by atoms with van der Waals surface area (Å²) < 4.78 is 24.3. The molecule has 0 radical (unpaired) electrons. The van der Waals surface area contributed by atoms with Crippen molar-refractivity contribution >= 4 is 5.82 Å². The minimum atomic E-state index is -0.236. The predicted molar refractivity (Wildman–Crippen MR) is 99.7 cm³/mol. The van der Waals surface area contributed by atoms with Crippen molar-refractivity contribution in [1.29, 1.82) is 0 Å². The fourth-order valence-corrected chi connectivity index (χ4v) is 3.65. The SMILES string of the molecule is CC1(Nc2nc(-c3ccc(F)cc3)ccc2CC2CCOC2)CCOC1. The lowest BCUT2D eigenvalue weighted by molar-refractivity contribution is 0.184. The summed E-state index contributed by atoms with van der Waals surface area (Å²) in [5.41, 5.74) is 2.87. The molecule has 2 fully saturated rings. The number of benzene rings is 1. The van der Waals surface area contributed by atoms with E-state index in [9.17, 15) is 4.39 Å². The zero-order valence-electron chi connectivity index (χ0n) is 15.1. The molecule has 4 rings (SSSR count). The largest absolute Gasteiger partial charge is 0.381 e. The number of anilines is 1. The highest BCUT2D eigenvalue weighted by atomic mass is 19.1. The van der Waals surface area contributed by atoms with E-state index in [1.165, 1.54) is 17.7 Å². The molecule has 26 heavy (non-hydrogen) atoms. The molecular formula is C21H25FN2O2. The highest BCUT2D eigenvalue weighted by Crippen LogP contribution is 2.30. The second-order valence-electron chi connectivity index (χ2n) is 7.63. The molecule has 1 aromatic heterocycles. The minimum absolute atomic E-state index is 0.102. The summed E-state index contributed by atoms with van der Waals surface area (Å²) in [7, 11) is 0. The Morgan fingerprint density at radius 2 is 2.00 bits per heavy atom. The van der Waals surface area contributed by atoms with Gasteiger partial charge in [-0.1, -0.05) is 6.07 Å². The Morgan fingerprint density at radius 1 is 1.15 bits per heavy atom. The molecule has 2 aliphatic heterocycles. The van der Waals surface area contributed by atoms with Crippen molar-refractivity contribution < 1.29 is 13.9 Å². The van der Waals surface area contributed by atoms with Crippen molar-refractivity contribution in [2.45, 2.75) is 31.7 Å². The molecule has 138 valence electrons. The Bertz CT molecular complexity index is 751. The van der Waals surface area contributed by atoms with E-state index in [4.69, 9.17) is 14.5 Å². The van der Waals surface area contributed by atoms with E-state index < -0.39 is 0 Å². The summed E-state index contributed by atoms with van der Waals surface area (Å²) >= 11 is 0. The second-order valence-corrected chi connectivity index (χ2v) is 7.63. The van der Waals surface area contributed by atoms with Crippen LogP contribution in [0.3, 0.4) is 0 Å². The number of hydrogen-bond acceptors (Lipinski definition) is 4. The van der Waals surface area contributed by atoms with E-state index in [2.05, 4.69) is 18.3 Å². The summed E-state index contributed by atoms with van der Waals surface area (Å²) in [6, 6.07) is 10.7. The van der Waals surface area contributed by atoms with Crippen LogP contribution in [0.15, 0.2) is 36.4 Å². The maximum absolute atomic E-state index is 13.2. The van der Waals surface area contributed by atoms with Gasteiger partial charge in [-0.2, -0.15) is 0 Å². The lowest BCUT2D eigenvalue weighted by atomic mass is 9.96. The van der Waals surface area contributed by atoms with Gasteiger partial charge in [0.25, 0.3) is 0 Å². The van der Waals surface area contributed by atoms with E-state index in [1.807, 2.05) is 6.07 Å². The molecule has 1 aromatic carbocycles. The number of nitrogens with one attached hydrogen (secondary N) is 1. The third-order valence-corrected chi connectivity index (χ3v) is 5.29. The number of pyridine rings is 1. The first-order chi connectivity index (χ1) is 12.6. The van der Waals surface area contributed by atoms with E-state index in [0.717, 1.165) is 56.2 Å². The molecule has 2 aromatic rings. The van der Waals surface area contributed by atoms with Gasteiger partial charge in [-0.25, -0.2) is 9.37 Å². The molecule has 0 saturated carbocycles. The Labute approximate surface area is 153 Å². The van der Waals surface area contributed by atoms with E-state index in [1.54, 1.807) is 12.1 Å². The monoisotopic (exact) mass is 356 g/mol. The third kappa shape index (κ3) is 3.89. The van der Waals surface area contributed by atoms with Crippen molar-refractivity contribution in [1.82, 2.24) is 4.98 Å². The van der Waals surface area contributed by atoms with Gasteiger partial charge in [0.05, 0.1) is 17.8 Å². The fourth-order valence-electron chi connectivity index (χ4n) is 3.65. The van der Waals surface area contributed by atoms with E-state index in [-0.39, 0.29) is 11.4 Å². The summed E-state index contributed by atoms with van der Waals surface area (Å²) in [6.07, 6.45) is 3.01. The third-order valence-electron chi connectivity index (χ3n) is 5.29. The molecule has 2 atom stereocenters. The maximum atomic E-state index is 13.2. The number of rotatable bonds is 5. The van der Waals surface area contributed by atoms with E-state index >= 15 is 0 Å². The van der Waals surface area contributed by atoms with Crippen LogP contribution in [-0.4, -0.2) is 37.0 Å². The molecule has 0 spiro atoms. The van der Waals surface area contributed by atoms with Gasteiger partial charge in [0, 0.05) is 25.4 Å². The molecule has 2 aliphatic rings. The van der Waals surface area contributed by atoms with Crippen molar-refractivity contribution in [3.05, 3.63) is 47.8 Å². The maximum Gasteiger partial charge on any atom is 0.130 e. The standard InChI is InChI=1S/C21H25FN2O2/c1-21(9-11-26-14-21)24-20-17(12-15-8-10-25-13-15)4-7-19(23-20)16-2-5-18(22)6-3-16/h2-7,15H,8-14H2,1H3,(H,23,24). The number of nitrogens with zero attached hydrogens (tertiary/aromatic N) is 1. The van der Waals surface area contributed by atoms with Crippen molar-refractivity contribution in [3.63, 3.8) is 0 Å². The lowest BCUT2D eigenvalue weighted by Crippen LogP contribution is -2.36. The van der Waals surface area contributed by atoms with Gasteiger partial charge < -0.3 is 14.8 Å². The van der Waals surface area contributed by atoms with Crippen molar-refractivity contribution in [2.24, 2.45) is 5.92 Å². The highest BCUT2D eigenvalue weighted by molar-refractivity contribution is 5.63. The average Bonchev–Trinajstić information content (AvgIpc) is 3.29. The number of hydrogen-bond donors (Lipinski definition) is 1. The Kier molecular flexibility index (Phi) is 4.92. The predicted octanol–water partition coefficient (Wildman–Crippen LogP) is 4.06. The van der Waals surface area contributed by atoms with Crippen LogP contribution in [0.2, 0.25) is 0 Å². The van der Waals surface area contributed by atoms with Crippen LogP contribution >= 0.6 is 0 Å². The highest BCUT2D eigenvalue weighted by Gasteiger charge is 2.31. The van der Waals surface area contributed by atoms with Gasteiger partial charge in [0.15, 0.2) is 0 Å². The minimum Gasteiger partial charge on any atom is -0.381 e.